The van der Waals surface area contributed by atoms with Crippen molar-refractivity contribution in [3.05, 3.63) is 46.0 Å². The van der Waals surface area contributed by atoms with Crippen LogP contribution in [0.15, 0.2) is 18.2 Å². The molecule has 1 aromatic carbocycles. The Bertz CT molecular complexity index is 670. The molecule has 1 heterocycles. The largest absolute Gasteiger partial charge is 0.487 e. The number of halogens is 2. The summed E-state index contributed by atoms with van der Waals surface area (Å²) in [5.74, 6) is -1.77. The lowest BCUT2D eigenvalue weighted by molar-refractivity contribution is 0.0695. The Hall–Kier alpha value is -2.08. The van der Waals surface area contributed by atoms with Crippen LogP contribution < -0.4 is 4.74 Å². The normalized spacial score (nSPS) is 10.6. The highest BCUT2D eigenvalue weighted by atomic mass is 35.5. The number of aryl methyl sites for hydroxylation is 2. The van der Waals surface area contributed by atoms with Crippen molar-refractivity contribution < 1.29 is 19.0 Å². The van der Waals surface area contributed by atoms with Gasteiger partial charge in [-0.15, -0.1) is 0 Å². The quantitative estimate of drug-likeness (QED) is 0.942. The molecule has 0 fully saturated rings. The van der Waals surface area contributed by atoms with Crippen LogP contribution in [-0.2, 0) is 13.7 Å². The van der Waals surface area contributed by atoms with Gasteiger partial charge >= 0.3 is 5.97 Å². The number of ether oxygens (including phenoxy) is 1. The van der Waals surface area contributed by atoms with E-state index in [4.69, 9.17) is 21.4 Å². The van der Waals surface area contributed by atoms with Crippen LogP contribution in [0, 0.1) is 12.7 Å². The van der Waals surface area contributed by atoms with E-state index >= 15 is 0 Å². The lowest BCUT2D eigenvalue weighted by Gasteiger charge is -2.08. The molecule has 0 radical (unpaired) electrons. The molecule has 7 heteroatoms. The average Bonchev–Trinajstić information content (AvgIpc) is 2.60. The average molecular weight is 299 g/mol. The van der Waals surface area contributed by atoms with Crippen LogP contribution in [0.2, 0.25) is 5.02 Å². The zero-order chi connectivity index (χ0) is 14.9. The third kappa shape index (κ3) is 2.91. The summed E-state index contributed by atoms with van der Waals surface area (Å²) in [4.78, 5) is 10.8. The number of rotatable bonds is 4. The summed E-state index contributed by atoms with van der Waals surface area (Å²) in [5.41, 5.74) is 1.12. The molecular formula is C13H12ClFN2O3. The van der Waals surface area contributed by atoms with Gasteiger partial charge in [0.25, 0.3) is 0 Å². The summed E-state index contributed by atoms with van der Waals surface area (Å²) in [5, 5.41) is 13.5. The van der Waals surface area contributed by atoms with Gasteiger partial charge in [0, 0.05) is 13.1 Å². The summed E-state index contributed by atoms with van der Waals surface area (Å²) in [6, 6.07) is 3.29. The molecule has 0 saturated carbocycles. The van der Waals surface area contributed by atoms with Crippen molar-refractivity contribution in [2.24, 2.45) is 7.05 Å². The molecule has 1 N–H and O–H groups in total. The van der Waals surface area contributed by atoms with E-state index in [1.54, 1.807) is 18.7 Å². The minimum absolute atomic E-state index is 0.0681. The third-order valence-corrected chi connectivity index (χ3v) is 3.25. The molecule has 2 aromatic rings. The Morgan fingerprint density at radius 1 is 1.50 bits per heavy atom. The molecule has 2 rings (SSSR count). The van der Waals surface area contributed by atoms with Crippen molar-refractivity contribution in [1.29, 1.82) is 0 Å². The van der Waals surface area contributed by atoms with Crippen LogP contribution >= 0.6 is 11.6 Å². The van der Waals surface area contributed by atoms with E-state index in [0.717, 1.165) is 12.1 Å². The van der Waals surface area contributed by atoms with E-state index in [1.165, 1.54) is 6.07 Å². The van der Waals surface area contributed by atoms with E-state index in [0.29, 0.717) is 16.4 Å². The Balaban J connectivity index is 2.21. The van der Waals surface area contributed by atoms with Gasteiger partial charge < -0.3 is 9.84 Å². The van der Waals surface area contributed by atoms with Crippen molar-refractivity contribution in [2.45, 2.75) is 13.5 Å². The van der Waals surface area contributed by atoms with Crippen molar-refractivity contribution in [3.63, 3.8) is 0 Å². The molecule has 20 heavy (non-hydrogen) atoms. The van der Waals surface area contributed by atoms with Gasteiger partial charge in [-0.2, -0.15) is 5.10 Å². The molecule has 0 aliphatic rings. The molecule has 0 spiro atoms. The fourth-order valence-electron chi connectivity index (χ4n) is 1.76. The highest BCUT2D eigenvalue weighted by Crippen LogP contribution is 2.22. The number of aromatic carboxylic acids is 1. The molecule has 1 aromatic heterocycles. The number of carboxylic acids is 1. The highest BCUT2D eigenvalue weighted by Gasteiger charge is 2.13. The second kappa shape index (κ2) is 5.50. The van der Waals surface area contributed by atoms with Gasteiger partial charge in [0.1, 0.15) is 18.2 Å². The first-order chi connectivity index (χ1) is 9.38. The fourth-order valence-corrected chi connectivity index (χ4v) is 1.97. The highest BCUT2D eigenvalue weighted by molar-refractivity contribution is 6.31. The maximum Gasteiger partial charge on any atom is 0.335 e. The second-order valence-corrected chi connectivity index (χ2v) is 4.62. The molecule has 0 unspecified atom stereocenters. The molecule has 5 nitrogen and oxygen atoms in total. The van der Waals surface area contributed by atoms with Gasteiger partial charge in [0.05, 0.1) is 22.0 Å². The van der Waals surface area contributed by atoms with Crippen LogP contribution in [0.1, 0.15) is 21.7 Å². The van der Waals surface area contributed by atoms with E-state index in [1.807, 2.05) is 0 Å². The molecule has 0 aliphatic carbocycles. The second-order valence-electron chi connectivity index (χ2n) is 4.24. The minimum Gasteiger partial charge on any atom is -0.487 e. The molecule has 0 amide bonds. The molecule has 0 bridgehead atoms. The predicted octanol–water partition coefficient (Wildman–Crippen LogP) is 2.80. The summed E-state index contributed by atoms with van der Waals surface area (Å²) in [6.07, 6.45) is 0. The molecule has 0 atom stereocenters. The zero-order valence-electron chi connectivity index (χ0n) is 10.9. The zero-order valence-corrected chi connectivity index (χ0v) is 11.6. The van der Waals surface area contributed by atoms with Crippen LogP contribution in [0.3, 0.4) is 0 Å². The first kappa shape index (κ1) is 14.3. The van der Waals surface area contributed by atoms with Gasteiger partial charge in [-0.25, -0.2) is 9.18 Å². The third-order valence-electron chi connectivity index (χ3n) is 2.76. The van der Waals surface area contributed by atoms with Crippen LogP contribution in [-0.4, -0.2) is 20.9 Å². The van der Waals surface area contributed by atoms with Crippen molar-refractivity contribution in [3.8, 4) is 5.75 Å². The van der Waals surface area contributed by atoms with Crippen molar-refractivity contribution in [2.75, 3.05) is 0 Å². The van der Waals surface area contributed by atoms with Gasteiger partial charge in [0.15, 0.2) is 0 Å². The van der Waals surface area contributed by atoms with Crippen LogP contribution in [0.25, 0.3) is 0 Å². The van der Waals surface area contributed by atoms with E-state index in [-0.39, 0.29) is 17.9 Å². The molecule has 0 saturated heterocycles. The van der Waals surface area contributed by atoms with E-state index in [9.17, 15) is 9.18 Å². The summed E-state index contributed by atoms with van der Waals surface area (Å²) >= 11 is 6.06. The number of aromatic nitrogens is 2. The maximum absolute atomic E-state index is 13.3. The van der Waals surface area contributed by atoms with Crippen LogP contribution in [0.5, 0.6) is 5.75 Å². The number of hydrogen-bond donors (Lipinski definition) is 1. The number of nitrogens with zero attached hydrogens (tertiary/aromatic N) is 2. The van der Waals surface area contributed by atoms with Gasteiger partial charge in [-0.1, -0.05) is 11.6 Å². The Kier molecular flexibility index (Phi) is 3.94. The van der Waals surface area contributed by atoms with E-state index in [2.05, 4.69) is 5.10 Å². The number of hydrogen-bond acceptors (Lipinski definition) is 3. The summed E-state index contributed by atoms with van der Waals surface area (Å²) in [6.45, 7) is 1.83. The first-order valence-corrected chi connectivity index (χ1v) is 6.11. The summed E-state index contributed by atoms with van der Waals surface area (Å²) < 4.78 is 20.2. The van der Waals surface area contributed by atoms with Crippen molar-refractivity contribution in [1.82, 2.24) is 9.78 Å². The SMILES string of the molecule is Cc1nn(C)c(COc2cc(F)cc(C(=O)O)c2)c1Cl. The lowest BCUT2D eigenvalue weighted by Crippen LogP contribution is -2.05. The van der Waals surface area contributed by atoms with Crippen molar-refractivity contribution >= 4 is 17.6 Å². The first-order valence-electron chi connectivity index (χ1n) is 5.73. The fraction of sp³-hybridized carbons (Fsp3) is 0.231. The van der Waals surface area contributed by atoms with Gasteiger partial charge in [-0.3, -0.25) is 4.68 Å². The van der Waals surface area contributed by atoms with Crippen LogP contribution in [0.4, 0.5) is 4.39 Å². The number of carbonyl (C=O) groups is 1. The van der Waals surface area contributed by atoms with E-state index < -0.39 is 11.8 Å². The summed E-state index contributed by atoms with van der Waals surface area (Å²) in [7, 11) is 1.71. The Morgan fingerprint density at radius 2 is 2.20 bits per heavy atom. The predicted molar refractivity (Wildman–Crippen MR) is 70.6 cm³/mol. The molecule has 0 aliphatic heterocycles. The lowest BCUT2D eigenvalue weighted by atomic mass is 10.2. The van der Waals surface area contributed by atoms with Gasteiger partial charge in [0.2, 0.25) is 0 Å². The standard InChI is InChI=1S/C13H12ClFN2O3/c1-7-12(14)11(17(2)16-7)6-20-10-4-8(13(18)19)3-9(15)5-10/h3-5H,6H2,1-2H3,(H,18,19). The van der Waals surface area contributed by atoms with Gasteiger partial charge in [-0.05, 0) is 19.1 Å². The Labute approximate surface area is 119 Å². The number of carboxylic acid groups (broad SMARTS) is 1. The molecular weight excluding hydrogens is 287 g/mol. The monoisotopic (exact) mass is 298 g/mol. The molecule has 106 valence electrons. The Morgan fingerprint density at radius 3 is 2.75 bits per heavy atom. The topological polar surface area (TPSA) is 64.4 Å². The number of benzene rings is 1. The maximum atomic E-state index is 13.3. The smallest absolute Gasteiger partial charge is 0.335 e. The minimum atomic E-state index is -1.22.